The number of nitrogens with zero attached hydrogens (tertiary/aromatic N) is 1. The number of piperazine rings is 1. The van der Waals surface area contributed by atoms with Gasteiger partial charge >= 0.3 is 0 Å². The van der Waals surface area contributed by atoms with Gasteiger partial charge in [0.15, 0.2) is 0 Å². The second kappa shape index (κ2) is 3.77. The maximum Gasteiger partial charge on any atom is 0.0367 e. The summed E-state index contributed by atoms with van der Waals surface area (Å²) in [5, 5.41) is 3.65. The zero-order valence-corrected chi connectivity index (χ0v) is 10.00. The molecule has 0 bridgehead atoms. The predicted molar refractivity (Wildman–Crippen MR) is 68.0 cm³/mol. The first kappa shape index (κ1) is 10.2. The van der Waals surface area contributed by atoms with Crippen LogP contribution >= 0.6 is 0 Å². The highest BCUT2D eigenvalue weighted by Gasteiger charge is 2.45. The molecule has 1 aliphatic heterocycles. The topological polar surface area (TPSA) is 15.3 Å². The normalized spacial score (nSPS) is 22.4. The van der Waals surface area contributed by atoms with E-state index < -0.39 is 0 Å². The molecule has 1 aromatic carbocycles. The van der Waals surface area contributed by atoms with Crippen LogP contribution in [-0.4, -0.2) is 25.2 Å². The van der Waals surface area contributed by atoms with E-state index in [2.05, 4.69) is 41.4 Å². The Labute approximate surface area is 97.6 Å². The fourth-order valence-corrected chi connectivity index (χ4v) is 2.60. The molecule has 1 N–H and O–H groups in total. The summed E-state index contributed by atoms with van der Waals surface area (Å²) in [6, 6.07) is 9.08. The lowest BCUT2D eigenvalue weighted by Gasteiger charge is -2.35. The minimum absolute atomic E-state index is 0.474. The molecule has 2 aliphatic rings. The quantitative estimate of drug-likeness (QED) is 0.815. The van der Waals surface area contributed by atoms with E-state index >= 15 is 0 Å². The summed E-state index contributed by atoms with van der Waals surface area (Å²) in [6.07, 6.45) is 3.85. The van der Waals surface area contributed by atoms with E-state index in [-0.39, 0.29) is 0 Å². The van der Waals surface area contributed by atoms with Crippen LogP contribution in [0.1, 0.15) is 25.3 Å². The zero-order valence-electron chi connectivity index (χ0n) is 10.00. The Kier molecular flexibility index (Phi) is 2.40. The molecule has 2 heteroatoms. The average Bonchev–Trinajstić information content (AvgIpc) is 3.09. The highest BCUT2D eigenvalue weighted by atomic mass is 15.2. The van der Waals surface area contributed by atoms with Crippen LogP contribution in [0.25, 0.3) is 0 Å². The first-order valence-corrected chi connectivity index (χ1v) is 6.40. The van der Waals surface area contributed by atoms with E-state index in [1.807, 2.05) is 0 Å². The van der Waals surface area contributed by atoms with Crippen LogP contribution in [-0.2, 0) is 6.42 Å². The van der Waals surface area contributed by atoms with Gasteiger partial charge in [0.1, 0.15) is 0 Å². The highest BCUT2D eigenvalue weighted by Crippen LogP contribution is 2.38. The van der Waals surface area contributed by atoms with Crippen molar-refractivity contribution in [3.63, 3.8) is 0 Å². The van der Waals surface area contributed by atoms with Gasteiger partial charge in [0.05, 0.1) is 0 Å². The lowest BCUT2D eigenvalue weighted by molar-refractivity contribution is 0.442. The number of nitrogens with one attached hydrogen (secondary N) is 1. The smallest absolute Gasteiger partial charge is 0.0367 e. The Hall–Kier alpha value is -1.02. The minimum Gasteiger partial charge on any atom is -0.368 e. The second-order valence-corrected chi connectivity index (χ2v) is 5.15. The number of hydrogen-bond donors (Lipinski definition) is 1. The molecule has 16 heavy (non-hydrogen) atoms. The number of hydrogen-bond acceptors (Lipinski definition) is 2. The fourth-order valence-electron chi connectivity index (χ4n) is 2.60. The number of rotatable bonds is 2. The van der Waals surface area contributed by atoms with Gasteiger partial charge in [0.25, 0.3) is 0 Å². The van der Waals surface area contributed by atoms with Gasteiger partial charge in [-0.15, -0.1) is 0 Å². The van der Waals surface area contributed by atoms with Crippen molar-refractivity contribution < 1.29 is 0 Å². The monoisotopic (exact) mass is 216 g/mol. The summed E-state index contributed by atoms with van der Waals surface area (Å²) >= 11 is 0. The van der Waals surface area contributed by atoms with Crippen molar-refractivity contribution in [2.75, 3.05) is 24.5 Å². The van der Waals surface area contributed by atoms with Crippen molar-refractivity contribution in [1.29, 1.82) is 0 Å². The Morgan fingerprint density at radius 1 is 1.25 bits per heavy atom. The first-order valence-electron chi connectivity index (χ1n) is 6.40. The largest absolute Gasteiger partial charge is 0.368 e. The van der Waals surface area contributed by atoms with Crippen LogP contribution in [0.3, 0.4) is 0 Å². The molecule has 0 amide bonds. The van der Waals surface area contributed by atoms with Crippen LogP contribution < -0.4 is 10.2 Å². The van der Waals surface area contributed by atoms with Gasteiger partial charge in [0, 0.05) is 30.9 Å². The lowest BCUT2D eigenvalue weighted by atomic mass is 10.1. The van der Waals surface area contributed by atoms with Gasteiger partial charge in [-0.05, 0) is 37.0 Å². The Balaban J connectivity index is 1.75. The molecule has 1 saturated heterocycles. The molecule has 2 fully saturated rings. The van der Waals surface area contributed by atoms with Crippen LogP contribution in [0.15, 0.2) is 24.3 Å². The summed E-state index contributed by atoms with van der Waals surface area (Å²) in [7, 11) is 0. The van der Waals surface area contributed by atoms with Crippen LogP contribution in [0.2, 0.25) is 0 Å². The Morgan fingerprint density at radius 3 is 2.62 bits per heavy atom. The molecule has 0 radical (unpaired) electrons. The number of anilines is 1. The van der Waals surface area contributed by atoms with Crippen LogP contribution in [0.4, 0.5) is 5.69 Å². The first-order chi connectivity index (χ1) is 7.81. The van der Waals surface area contributed by atoms with E-state index in [9.17, 15) is 0 Å². The molecular weight excluding hydrogens is 196 g/mol. The van der Waals surface area contributed by atoms with E-state index in [0.29, 0.717) is 5.54 Å². The third kappa shape index (κ3) is 1.82. The molecular formula is C14H20N2. The Morgan fingerprint density at radius 2 is 2.00 bits per heavy atom. The molecule has 0 aromatic heterocycles. The molecule has 0 atom stereocenters. The summed E-state index contributed by atoms with van der Waals surface area (Å²) in [5.74, 6) is 0. The molecule has 1 aliphatic carbocycles. The molecule has 1 aromatic rings. The fraction of sp³-hybridized carbons (Fsp3) is 0.571. The number of aryl methyl sites for hydroxylation is 1. The van der Waals surface area contributed by atoms with Gasteiger partial charge < -0.3 is 10.2 Å². The van der Waals surface area contributed by atoms with E-state index in [4.69, 9.17) is 0 Å². The van der Waals surface area contributed by atoms with E-state index in [0.717, 1.165) is 19.5 Å². The molecule has 1 spiro atoms. The van der Waals surface area contributed by atoms with Crippen molar-refractivity contribution in [3.05, 3.63) is 29.8 Å². The molecule has 1 saturated carbocycles. The van der Waals surface area contributed by atoms with E-state index in [1.54, 1.807) is 0 Å². The van der Waals surface area contributed by atoms with Crippen molar-refractivity contribution in [3.8, 4) is 0 Å². The van der Waals surface area contributed by atoms with Gasteiger partial charge in [-0.25, -0.2) is 0 Å². The SMILES string of the molecule is CCc1ccc(N2CCNC3(CC3)C2)cc1. The number of benzene rings is 1. The summed E-state index contributed by atoms with van der Waals surface area (Å²) in [4.78, 5) is 2.53. The third-order valence-electron chi connectivity index (χ3n) is 3.94. The van der Waals surface area contributed by atoms with Gasteiger partial charge in [0.2, 0.25) is 0 Å². The molecule has 86 valence electrons. The van der Waals surface area contributed by atoms with Crippen LogP contribution in [0.5, 0.6) is 0 Å². The second-order valence-electron chi connectivity index (χ2n) is 5.15. The standard InChI is InChI=1S/C14H20N2/c1-2-12-3-5-13(6-4-12)16-10-9-15-14(11-16)7-8-14/h3-6,15H,2,7-11H2,1H3. The van der Waals surface area contributed by atoms with E-state index in [1.165, 1.54) is 30.6 Å². The van der Waals surface area contributed by atoms with Gasteiger partial charge in [-0.3, -0.25) is 0 Å². The molecule has 0 unspecified atom stereocenters. The molecule has 1 heterocycles. The maximum atomic E-state index is 3.65. The van der Waals surface area contributed by atoms with Crippen molar-refractivity contribution in [1.82, 2.24) is 5.32 Å². The predicted octanol–water partition coefficient (Wildman–Crippen LogP) is 2.19. The third-order valence-corrected chi connectivity index (χ3v) is 3.94. The molecule has 3 rings (SSSR count). The highest BCUT2D eigenvalue weighted by molar-refractivity contribution is 5.49. The zero-order chi connectivity index (χ0) is 11.0. The average molecular weight is 216 g/mol. The van der Waals surface area contributed by atoms with Crippen molar-refractivity contribution in [2.24, 2.45) is 0 Å². The minimum atomic E-state index is 0.474. The van der Waals surface area contributed by atoms with Gasteiger partial charge in [-0.1, -0.05) is 19.1 Å². The summed E-state index contributed by atoms with van der Waals surface area (Å²) < 4.78 is 0. The Bertz CT molecular complexity index is 365. The van der Waals surface area contributed by atoms with Crippen molar-refractivity contribution in [2.45, 2.75) is 31.7 Å². The maximum absolute atomic E-state index is 3.65. The summed E-state index contributed by atoms with van der Waals surface area (Å²) in [6.45, 7) is 5.68. The van der Waals surface area contributed by atoms with Gasteiger partial charge in [-0.2, -0.15) is 0 Å². The van der Waals surface area contributed by atoms with Crippen LogP contribution in [0, 0.1) is 0 Å². The molecule has 2 nitrogen and oxygen atoms in total. The lowest BCUT2D eigenvalue weighted by Crippen LogP contribution is -2.52. The summed E-state index contributed by atoms with van der Waals surface area (Å²) in [5.41, 5.74) is 3.30. The van der Waals surface area contributed by atoms with Crippen molar-refractivity contribution >= 4 is 5.69 Å².